The molecule has 0 aliphatic rings. The van der Waals surface area contributed by atoms with E-state index in [1.807, 2.05) is 11.8 Å². The topological polar surface area (TPSA) is 24.9 Å². The van der Waals surface area contributed by atoms with Crippen LogP contribution >= 0.6 is 27.7 Å². The molecule has 1 heterocycles. The molecular weight excluding hydrogens is 303 g/mol. The largest absolute Gasteiger partial charge is 0.368 e. The number of nitrogens with zero attached hydrogens (tertiary/aromatic N) is 1. The Morgan fingerprint density at radius 1 is 1.35 bits per heavy atom. The first-order valence-corrected chi connectivity index (χ1v) is 7.96. The first-order chi connectivity index (χ1) is 8.24. The van der Waals surface area contributed by atoms with Crippen LogP contribution in [0.5, 0.6) is 0 Å². The molecule has 0 aliphatic carbocycles. The zero-order chi connectivity index (χ0) is 12.5. The summed E-state index contributed by atoms with van der Waals surface area (Å²) < 4.78 is 14.0. The lowest BCUT2D eigenvalue weighted by Crippen LogP contribution is -2.05. The molecule has 0 saturated carbocycles. The lowest BCUT2D eigenvalue weighted by atomic mass is 10.2. The molecule has 2 nitrogen and oxygen atoms in total. The number of hydrogen-bond donors (Lipinski definition) is 1. The average molecular weight is 321 g/mol. The number of anilines is 1. The van der Waals surface area contributed by atoms with E-state index in [4.69, 9.17) is 0 Å². The Morgan fingerprint density at radius 3 is 2.82 bits per heavy atom. The van der Waals surface area contributed by atoms with E-state index in [2.05, 4.69) is 32.5 Å². The second-order valence-electron chi connectivity index (χ2n) is 3.82. The minimum atomic E-state index is -0.304. The predicted molar refractivity (Wildman–Crippen MR) is 77.2 cm³/mol. The summed E-state index contributed by atoms with van der Waals surface area (Å²) >= 11 is 5.07. The summed E-state index contributed by atoms with van der Waals surface area (Å²) in [7, 11) is 0. The smallest absolute Gasteiger partial charge is 0.166 e. The molecule has 17 heavy (non-hydrogen) atoms. The molecule has 1 aromatic rings. The van der Waals surface area contributed by atoms with Gasteiger partial charge in [0.2, 0.25) is 0 Å². The van der Waals surface area contributed by atoms with E-state index >= 15 is 0 Å². The molecule has 0 spiro atoms. The van der Waals surface area contributed by atoms with Gasteiger partial charge < -0.3 is 5.32 Å². The second-order valence-corrected chi connectivity index (χ2v) is 5.72. The van der Waals surface area contributed by atoms with Crippen LogP contribution in [-0.2, 0) is 0 Å². The molecule has 0 bridgehead atoms. The van der Waals surface area contributed by atoms with Crippen LogP contribution in [0.1, 0.15) is 25.7 Å². The van der Waals surface area contributed by atoms with Gasteiger partial charge in [0.05, 0.1) is 0 Å². The van der Waals surface area contributed by atoms with E-state index in [1.165, 1.54) is 31.1 Å². The van der Waals surface area contributed by atoms with Crippen LogP contribution in [0.25, 0.3) is 0 Å². The van der Waals surface area contributed by atoms with Crippen LogP contribution in [0.4, 0.5) is 10.2 Å². The number of unbranched alkanes of at least 4 members (excludes halogenated alkanes) is 3. The number of thioether (sulfide) groups is 1. The predicted octanol–water partition coefficient (Wildman–Crippen LogP) is 4.32. The van der Waals surface area contributed by atoms with Gasteiger partial charge in [0.15, 0.2) is 11.6 Å². The first-order valence-electron chi connectivity index (χ1n) is 5.78. The molecule has 0 amide bonds. The number of pyridine rings is 1. The molecule has 0 atom stereocenters. The van der Waals surface area contributed by atoms with Crippen LogP contribution in [0.2, 0.25) is 0 Å². The fourth-order valence-corrected chi connectivity index (χ4v) is 2.27. The number of rotatable bonds is 8. The third kappa shape index (κ3) is 6.27. The van der Waals surface area contributed by atoms with Crippen molar-refractivity contribution in [2.24, 2.45) is 0 Å². The summed E-state index contributed by atoms with van der Waals surface area (Å²) in [6, 6.07) is 1.42. The molecule has 0 radical (unpaired) electrons. The molecule has 0 aliphatic heterocycles. The van der Waals surface area contributed by atoms with Gasteiger partial charge in [0, 0.05) is 17.2 Å². The normalized spacial score (nSPS) is 10.5. The zero-order valence-corrected chi connectivity index (χ0v) is 12.4. The van der Waals surface area contributed by atoms with Crippen molar-refractivity contribution in [3.63, 3.8) is 0 Å². The molecular formula is C12H18BrFN2S. The van der Waals surface area contributed by atoms with Crippen molar-refractivity contribution >= 4 is 33.5 Å². The highest BCUT2D eigenvalue weighted by Crippen LogP contribution is 2.16. The van der Waals surface area contributed by atoms with Gasteiger partial charge in [-0.05, 0) is 46.8 Å². The maximum atomic E-state index is 13.4. The van der Waals surface area contributed by atoms with E-state index in [0.29, 0.717) is 10.3 Å². The number of nitrogens with one attached hydrogen (secondary N) is 1. The Labute approximate surface area is 115 Å². The van der Waals surface area contributed by atoms with Crippen LogP contribution in [0.3, 0.4) is 0 Å². The molecule has 0 unspecified atom stereocenters. The highest BCUT2D eigenvalue weighted by atomic mass is 79.9. The van der Waals surface area contributed by atoms with Gasteiger partial charge in [-0.15, -0.1) is 0 Å². The number of halogens is 2. The monoisotopic (exact) mass is 320 g/mol. The van der Waals surface area contributed by atoms with Gasteiger partial charge in [-0.25, -0.2) is 9.37 Å². The standard InChI is InChI=1S/C12H18BrFN2S/c1-17-7-5-3-2-4-6-15-12-11(14)8-10(13)9-16-12/h8-9H,2-7H2,1H3,(H,15,16). The quantitative estimate of drug-likeness (QED) is 0.722. The molecule has 1 rings (SSSR count). The summed E-state index contributed by atoms with van der Waals surface area (Å²) in [4.78, 5) is 3.99. The lowest BCUT2D eigenvalue weighted by molar-refractivity contribution is 0.620. The van der Waals surface area contributed by atoms with E-state index in [-0.39, 0.29) is 5.82 Å². The highest BCUT2D eigenvalue weighted by Gasteiger charge is 2.02. The first kappa shape index (κ1) is 14.8. The van der Waals surface area contributed by atoms with Gasteiger partial charge in [0.1, 0.15) is 0 Å². The minimum absolute atomic E-state index is 0.304. The third-order valence-corrected chi connectivity index (χ3v) is 3.51. The minimum Gasteiger partial charge on any atom is -0.368 e. The SMILES string of the molecule is CSCCCCCCNc1ncc(Br)cc1F. The van der Waals surface area contributed by atoms with E-state index in [1.54, 1.807) is 6.20 Å². The van der Waals surface area contributed by atoms with E-state index in [9.17, 15) is 4.39 Å². The van der Waals surface area contributed by atoms with Crippen molar-refractivity contribution in [3.05, 3.63) is 22.6 Å². The van der Waals surface area contributed by atoms with Gasteiger partial charge >= 0.3 is 0 Å². The lowest BCUT2D eigenvalue weighted by Gasteiger charge is -2.06. The van der Waals surface area contributed by atoms with Crippen molar-refractivity contribution in [1.82, 2.24) is 4.98 Å². The molecule has 96 valence electrons. The average Bonchev–Trinajstić information content (AvgIpc) is 2.30. The van der Waals surface area contributed by atoms with Crippen LogP contribution in [0.15, 0.2) is 16.7 Å². The summed E-state index contributed by atoms with van der Waals surface area (Å²) in [5.74, 6) is 1.27. The van der Waals surface area contributed by atoms with E-state index in [0.717, 1.165) is 13.0 Å². The Kier molecular flexibility index (Phi) is 7.60. The summed E-state index contributed by atoms with van der Waals surface area (Å²) in [6.07, 6.45) is 8.50. The van der Waals surface area contributed by atoms with Crippen molar-refractivity contribution < 1.29 is 4.39 Å². The maximum Gasteiger partial charge on any atom is 0.166 e. The highest BCUT2D eigenvalue weighted by molar-refractivity contribution is 9.10. The van der Waals surface area contributed by atoms with Crippen molar-refractivity contribution in [2.75, 3.05) is 23.9 Å². The molecule has 5 heteroatoms. The van der Waals surface area contributed by atoms with Gasteiger partial charge in [-0.2, -0.15) is 11.8 Å². The van der Waals surface area contributed by atoms with Gasteiger partial charge in [-0.1, -0.05) is 12.8 Å². The summed E-state index contributed by atoms with van der Waals surface area (Å²) in [5.41, 5.74) is 0. The Bertz CT molecular complexity index is 336. The van der Waals surface area contributed by atoms with Crippen molar-refractivity contribution in [3.8, 4) is 0 Å². The van der Waals surface area contributed by atoms with Crippen molar-refractivity contribution in [2.45, 2.75) is 25.7 Å². The van der Waals surface area contributed by atoms with Crippen LogP contribution in [-0.4, -0.2) is 23.5 Å². The summed E-state index contributed by atoms with van der Waals surface area (Å²) in [5, 5.41) is 3.02. The molecule has 0 saturated heterocycles. The Balaban J connectivity index is 2.14. The third-order valence-electron chi connectivity index (χ3n) is 2.38. The van der Waals surface area contributed by atoms with Gasteiger partial charge in [0.25, 0.3) is 0 Å². The van der Waals surface area contributed by atoms with Gasteiger partial charge in [-0.3, -0.25) is 0 Å². The maximum absolute atomic E-state index is 13.4. The zero-order valence-electron chi connectivity index (χ0n) is 10.0. The Morgan fingerprint density at radius 2 is 2.12 bits per heavy atom. The molecule has 1 aromatic heterocycles. The number of aromatic nitrogens is 1. The molecule has 1 N–H and O–H groups in total. The molecule has 0 fully saturated rings. The molecule has 0 aromatic carbocycles. The van der Waals surface area contributed by atoms with Crippen LogP contribution < -0.4 is 5.32 Å². The fourth-order valence-electron chi connectivity index (χ4n) is 1.48. The summed E-state index contributed by atoms with van der Waals surface area (Å²) in [6.45, 7) is 0.783. The van der Waals surface area contributed by atoms with E-state index < -0.39 is 0 Å². The van der Waals surface area contributed by atoms with Crippen LogP contribution in [0, 0.1) is 5.82 Å². The Hall–Kier alpha value is -0.290. The van der Waals surface area contributed by atoms with Crippen molar-refractivity contribution in [1.29, 1.82) is 0 Å². The second kappa shape index (κ2) is 8.75. The number of hydrogen-bond acceptors (Lipinski definition) is 3. The fraction of sp³-hybridized carbons (Fsp3) is 0.583.